The minimum Gasteiger partial charge on any atom is -0.460 e. The van der Waals surface area contributed by atoms with Gasteiger partial charge in [0.15, 0.2) is 11.2 Å². The standard InChI is InChI=1S/C28H30N8O9/c1-16(2)24(38)33-26-32-23-22(25(39)34-26)31-15-36(23)20-10-18(19(44-20)13-43-28(41)35-9-8-29-14-35)45-27(40)30-11-21(37)42-12-17-6-4-3-5-7-17/h3-9,14-16,18-20H,10-13H2,1-2H3,(H,30,40)(H2,32,33,34,38,39). The average molecular weight is 623 g/mol. The molecule has 236 valence electrons. The van der Waals surface area contributed by atoms with E-state index in [1.54, 1.807) is 26.0 Å². The molecule has 1 aromatic carbocycles. The largest absolute Gasteiger partial charge is 0.460 e. The van der Waals surface area contributed by atoms with Gasteiger partial charge in [0.1, 0.15) is 44.5 Å². The zero-order valence-electron chi connectivity index (χ0n) is 24.2. The summed E-state index contributed by atoms with van der Waals surface area (Å²) in [5.74, 6) is -1.48. The molecule has 5 rings (SSSR count). The number of nitrogens with one attached hydrogen (secondary N) is 3. The summed E-state index contributed by atoms with van der Waals surface area (Å²) < 4.78 is 24.7. The van der Waals surface area contributed by atoms with Gasteiger partial charge in [0.2, 0.25) is 11.9 Å². The second-order valence-electron chi connectivity index (χ2n) is 10.2. The third kappa shape index (κ3) is 7.69. The van der Waals surface area contributed by atoms with Gasteiger partial charge in [-0.15, -0.1) is 0 Å². The van der Waals surface area contributed by atoms with Gasteiger partial charge < -0.3 is 24.3 Å². The first-order valence-corrected chi connectivity index (χ1v) is 13.9. The highest BCUT2D eigenvalue weighted by Crippen LogP contribution is 2.33. The zero-order chi connectivity index (χ0) is 31.9. The van der Waals surface area contributed by atoms with Crippen LogP contribution in [0.5, 0.6) is 0 Å². The molecule has 45 heavy (non-hydrogen) atoms. The molecule has 3 N–H and O–H groups in total. The van der Waals surface area contributed by atoms with Crippen molar-refractivity contribution in [1.29, 1.82) is 0 Å². The number of aromatic nitrogens is 6. The topological polar surface area (TPSA) is 211 Å². The third-order valence-electron chi connectivity index (χ3n) is 6.65. The number of hydrogen-bond donors (Lipinski definition) is 3. The van der Waals surface area contributed by atoms with Crippen molar-refractivity contribution >= 4 is 41.2 Å². The van der Waals surface area contributed by atoms with Crippen LogP contribution < -0.4 is 16.2 Å². The molecular weight excluding hydrogens is 592 g/mol. The molecule has 1 aliphatic heterocycles. The molecule has 0 saturated carbocycles. The SMILES string of the molecule is CC(C)C(=O)Nc1nc2c(ncn2C2CC(OC(=O)NCC(=O)OCc3ccccc3)C(COC(=O)n3ccnc3)O2)c(=O)[nH]1. The van der Waals surface area contributed by atoms with Crippen LogP contribution in [-0.4, -0.2) is 78.5 Å². The van der Waals surface area contributed by atoms with E-state index in [9.17, 15) is 24.0 Å². The Balaban J connectivity index is 1.27. The van der Waals surface area contributed by atoms with Gasteiger partial charge in [-0.1, -0.05) is 44.2 Å². The molecule has 2 amide bonds. The zero-order valence-corrected chi connectivity index (χ0v) is 24.2. The lowest BCUT2D eigenvalue weighted by molar-refractivity contribution is -0.143. The highest BCUT2D eigenvalue weighted by atomic mass is 16.6. The first kappa shape index (κ1) is 30.9. The van der Waals surface area contributed by atoms with Crippen LogP contribution in [-0.2, 0) is 35.1 Å². The van der Waals surface area contributed by atoms with Crippen molar-refractivity contribution in [2.24, 2.45) is 5.92 Å². The van der Waals surface area contributed by atoms with Crippen molar-refractivity contribution in [1.82, 2.24) is 34.4 Å². The fourth-order valence-electron chi connectivity index (χ4n) is 4.31. The van der Waals surface area contributed by atoms with E-state index in [0.29, 0.717) is 0 Å². The van der Waals surface area contributed by atoms with Crippen LogP contribution in [0.1, 0.15) is 32.1 Å². The van der Waals surface area contributed by atoms with Gasteiger partial charge in [-0.2, -0.15) is 4.98 Å². The predicted octanol–water partition coefficient (Wildman–Crippen LogP) is 1.72. The van der Waals surface area contributed by atoms with E-state index in [1.807, 2.05) is 18.2 Å². The molecule has 4 aromatic rings. The van der Waals surface area contributed by atoms with Gasteiger partial charge in [-0.05, 0) is 5.56 Å². The van der Waals surface area contributed by atoms with Crippen LogP contribution in [0.25, 0.3) is 11.2 Å². The van der Waals surface area contributed by atoms with Crippen LogP contribution in [0, 0.1) is 5.92 Å². The summed E-state index contributed by atoms with van der Waals surface area (Å²) >= 11 is 0. The number of amides is 2. The number of nitrogens with zero attached hydrogens (tertiary/aromatic N) is 5. The molecule has 0 bridgehead atoms. The normalized spacial score (nSPS) is 17.6. The first-order valence-electron chi connectivity index (χ1n) is 13.9. The van der Waals surface area contributed by atoms with Crippen LogP contribution in [0.4, 0.5) is 15.5 Å². The Morgan fingerprint density at radius 2 is 1.93 bits per heavy atom. The molecule has 1 aliphatic rings. The van der Waals surface area contributed by atoms with Gasteiger partial charge in [0.25, 0.3) is 5.56 Å². The highest BCUT2D eigenvalue weighted by molar-refractivity contribution is 5.91. The summed E-state index contributed by atoms with van der Waals surface area (Å²) in [4.78, 5) is 76.8. The quantitative estimate of drug-likeness (QED) is 0.170. The molecule has 1 saturated heterocycles. The summed E-state index contributed by atoms with van der Waals surface area (Å²) in [6.07, 6.45) is 0.947. The Labute approximate surface area is 254 Å². The van der Waals surface area contributed by atoms with E-state index >= 15 is 0 Å². The number of alkyl carbamates (subject to hydrolysis) is 1. The van der Waals surface area contributed by atoms with Crippen LogP contribution in [0.3, 0.4) is 0 Å². The summed E-state index contributed by atoms with van der Waals surface area (Å²) in [6, 6.07) is 9.04. The van der Waals surface area contributed by atoms with Crippen molar-refractivity contribution in [2.75, 3.05) is 18.5 Å². The molecule has 3 aromatic heterocycles. The molecule has 4 heterocycles. The van der Waals surface area contributed by atoms with E-state index in [-0.39, 0.29) is 48.6 Å². The molecule has 3 atom stereocenters. The number of hydrogen-bond acceptors (Lipinski definition) is 12. The number of fused-ring (bicyclic) bond motifs is 1. The number of carbonyl (C=O) groups is 4. The number of H-pyrrole nitrogens is 1. The fourth-order valence-corrected chi connectivity index (χ4v) is 4.31. The minimum atomic E-state index is -0.967. The van der Waals surface area contributed by atoms with Gasteiger partial charge in [-0.3, -0.25) is 29.3 Å². The van der Waals surface area contributed by atoms with Crippen LogP contribution >= 0.6 is 0 Å². The van der Waals surface area contributed by atoms with Crippen molar-refractivity contribution in [3.05, 3.63) is 71.3 Å². The summed E-state index contributed by atoms with van der Waals surface area (Å²) in [5.41, 5.74) is 0.283. The Hall–Kier alpha value is -5.58. The molecule has 1 fully saturated rings. The lowest BCUT2D eigenvalue weighted by atomic mass is 10.2. The number of benzene rings is 1. The molecule has 0 spiro atoms. The Bertz CT molecular complexity index is 1720. The Morgan fingerprint density at radius 3 is 2.67 bits per heavy atom. The van der Waals surface area contributed by atoms with Crippen molar-refractivity contribution < 1.29 is 38.1 Å². The van der Waals surface area contributed by atoms with Crippen LogP contribution in [0.2, 0.25) is 0 Å². The number of rotatable bonds is 10. The van der Waals surface area contributed by atoms with E-state index in [1.165, 1.54) is 29.6 Å². The second-order valence-corrected chi connectivity index (χ2v) is 10.2. The van der Waals surface area contributed by atoms with E-state index in [4.69, 9.17) is 18.9 Å². The number of carbonyl (C=O) groups excluding carboxylic acids is 4. The van der Waals surface area contributed by atoms with E-state index < -0.39 is 48.7 Å². The average Bonchev–Trinajstić information content (AvgIpc) is 3.79. The third-order valence-corrected chi connectivity index (χ3v) is 6.65. The van der Waals surface area contributed by atoms with Gasteiger partial charge in [0, 0.05) is 24.7 Å². The summed E-state index contributed by atoms with van der Waals surface area (Å²) in [6.45, 7) is 2.64. The predicted molar refractivity (Wildman–Crippen MR) is 154 cm³/mol. The number of esters is 1. The maximum absolute atomic E-state index is 12.7. The molecule has 17 heteroatoms. The fraction of sp³-hybridized carbons (Fsp3) is 0.357. The number of aromatic amines is 1. The molecule has 0 aliphatic carbocycles. The van der Waals surface area contributed by atoms with Crippen LogP contribution in [0.15, 0.2) is 60.2 Å². The number of anilines is 1. The summed E-state index contributed by atoms with van der Waals surface area (Å²) in [7, 11) is 0. The molecular formula is C28H30N8O9. The van der Waals surface area contributed by atoms with Gasteiger partial charge >= 0.3 is 18.2 Å². The van der Waals surface area contributed by atoms with E-state index in [2.05, 4.69) is 30.6 Å². The lowest BCUT2D eigenvalue weighted by Gasteiger charge is -2.19. The second kappa shape index (κ2) is 13.8. The maximum atomic E-state index is 12.7. The van der Waals surface area contributed by atoms with Gasteiger partial charge in [0.05, 0.1) is 6.33 Å². The van der Waals surface area contributed by atoms with Crippen molar-refractivity contribution in [2.45, 2.75) is 45.3 Å². The van der Waals surface area contributed by atoms with Crippen molar-refractivity contribution in [3.8, 4) is 0 Å². The van der Waals surface area contributed by atoms with E-state index in [0.717, 1.165) is 10.1 Å². The minimum absolute atomic E-state index is 0.0136. The molecule has 0 radical (unpaired) electrons. The lowest BCUT2D eigenvalue weighted by Crippen LogP contribution is -2.38. The highest BCUT2D eigenvalue weighted by Gasteiger charge is 2.41. The Kier molecular flexibility index (Phi) is 9.47. The Morgan fingerprint density at radius 1 is 1.13 bits per heavy atom. The maximum Gasteiger partial charge on any atom is 0.419 e. The smallest absolute Gasteiger partial charge is 0.419 e. The van der Waals surface area contributed by atoms with Gasteiger partial charge in [-0.25, -0.2) is 24.1 Å². The first-order chi connectivity index (χ1) is 21.7. The summed E-state index contributed by atoms with van der Waals surface area (Å²) in [5, 5.41) is 4.89. The number of imidazole rings is 2. The number of ether oxygens (including phenoxy) is 4. The molecule has 17 nitrogen and oxygen atoms in total. The van der Waals surface area contributed by atoms with Crippen molar-refractivity contribution in [3.63, 3.8) is 0 Å². The monoisotopic (exact) mass is 622 g/mol. The molecule has 3 unspecified atom stereocenters.